The van der Waals surface area contributed by atoms with Crippen molar-refractivity contribution < 1.29 is 13.2 Å². The summed E-state index contributed by atoms with van der Waals surface area (Å²) < 4.78 is 26.7. The van der Waals surface area contributed by atoms with Gasteiger partial charge in [0, 0.05) is 13.1 Å². The second-order valence-electron chi connectivity index (χ2n) is 5.59. The maximum atomic E-state index is 12.6. The van der Waals surface area contributed by atoms with Crippen LogP contribution in [0.5, 0.6) is 0 Å². The van der Waals surface area contributed by atoms with Crippen LogP contribution in [-0.2, 0) is 14.8 Å². The molecule has 1 aliphatic rings. The van der Waals surface area contributed by atoms with Crippen molar-refractivity contribution in [1.29, 1.82) is 0 Å². The molecule has 4 N–H and O–H groups in total. The number of nitrogens with zero attached hydrogens (tertiary/aromatic N) is 3. The number of aromatic amines is 1. The lowest BCUT2D eigenvalue weighted by molar-refractivity contribution is -0.113. The van der Waals surface area contributed by atoms with Gasteiger partial charge in [0.1, 0.15) is 0 Å². The summed E-state index contributed by atoms with van der Waals surface area (Å²) in [5.74, 6) is -0.178. The van der Waals surface area contributed by atoms with Gasteiger partial charge < -0.3 is 11.1 Å². The predicted molar refractivity (Wildman–Crippen MR) is 99.6 cm³/mol. The molecule has 1 saturated heterocycles. The highest BCUT2D eigenvalue weighted by Crippen LogP contribution is 2.28. The molecule has 26 heavy (non-hydrogen) atoms. The Bertz CT molecular complexity index is 911. The summed E-state index contributed by atoms with van der Waals surface area (Å²) >= 11 is 7.18. The maximum Gasteiger partial charge on any atom is 0.243 e. The lowest BCUT2D eigenvalue weighted by atomic mass is 10.3. The summed E-state index contributed by atoms with van der Waals surface area (Å²) in [7, 11) is -3.59. The first-order valence-electron chi connectivity index (χ1n) is 7.76. The number of benzene rings is 1. The van der Waals surface area contributed by atoms with Gasteiger partial charge in [0.15, 0.2) is 0 Å². The molecule has 0 radical (unpaired) electrons. The molecule has 1 aliphatic heterocycles. The molecule has 1 aromatic carbocycles. The number of sulfonamides is 1. The van der Waals surface area contributed by atoms with E-state index in [4.69, 9.17) is 17.3 Å². The topological polar surface area (TPSA) is 134 Å². The molecule has 2 aromatic rings. The van der Waals surface area contributed by atoms with Gasteiger partial charge in [-0.2, -0.15) is 9.29 Å². The molecule has 2 heterocycles. The number of H-pyrrole nitrogens is 1. The van der Waals surface area contributed by atoms with Gasteiger partial charge >= 0.3 is 0 Å². The first-order chi connectivity index (χ1) is 12.4. The number of carbonyl (C=O) groups excluding carboxylic acids is 1. The highest BCUT2D eigenvalue weighted by atomic mass is 35.5. The largest absolute Gasteiger partial charge is 0.368 e. The quantitative estimate of drug-likeness (QED) is 0.608. The van der Waals surface area contributed by atoms with Crippen LogP contribution in [0.2, 0.25) is 5.02 Å². The molecular formula is C14H17ClN6O3S2. The van der Waals surface area contributed by atoms with Crippen molar-refractivity contribution in [1.82, 2.24) is 19.5 Å². The van der Waals surface area contributed by atoms with Crippen molar-refractivity contribution in [2.24, 2.45) is 0 Å². The molecule has 0 aliphatic carbocycles. The number of nitrogens with one attached hydrogen (secondary N) is 2. The zero-order valence-corrected chi connectivity index (χ0v) is 16.0. The van der Waals surface area contributed by atoms with E-state index in [2.05, 4.69) is 20.5 Å². The standard InChI is InChI=1S/C14H17ClN6O3S2/c15-10-4-3-9(26(23,24)21-5-1-2-6-21)7-11(10)17-12(22)8-25-14-18-13(16)19-20-14/h3-4,7H,1-2,5-6,8H2,(H,17,22)(H3,16,18,19,20). The van der Waals surface area contributed by atoms with Crippen molar-refractivity contribution in [2.75, 3.05) is 29.9 Å². The number of amides is 1. The van der Waals surface area contributed by atoms with Crippen LogP contribution < -0.4 is 11.1 Å². The van der Waals surface area contributed by atoms with Gasteiger partial charge in [0.05, 0.1) is 21.4 Å². The zero-order chi connectivity index (χ0) is 18.7. The Labute approximate surface area is 159 Å². The minimum Gasteiger partial charge on any atom is -0.368 e. The fourth-order valence-electron chi connectivity index (χ4n) is 2.48. The van der Waals surface area contributed by atoms with Gasteiger partial charge in [-0.15, -0.1) is 5.10 Å². The Morgan fingerprint density at radius 1 is 1.38 bits per heavy atom. The monoisotopic (exact) mass is 416 g/mol. The average Bonchev–Trinajstić information content (AvgIpc) is 3.27. The summed E-state index contributed by atoms with van der Waals surface area (Å²) in [5, 5.41) is 9.50. The third-order valence-corrected chi connectivity index (χ3v) is 6.80. The number of thioether (sulfide) groups is 1. The average molecular weight is 417 g/mol. The van der Waals surface area contributed by atoms with Crippen LogP contribution in [0.4, 0.5) is 11.6 Å². The fourth-order valence-corrected chi connectivity index (χ4v) is 4.79. The molecule has 0 atom stereocenters. The number of aromatic nitrogens is 3. The fraction of sp³-hybridized carbons (Fsp3) is 0.357. The van der Waals surface area contributed by atoms with Crippen LogP contribution in [-0.4, -0.2) is 52.7 Å². The molecular weight excluding hydrogens is 400 g/mol. The number of carbonyl (C=O) groups is 1. The van der Waals surface area contributed by atoms with E-state index in [1.54, 1.807) is 0 Å². The summed E-state index contributed by atoms with van der Waals surface area (Å²) in [4.78, 5) is 16.1. The van der Waals surface area contributed by atoms with E-state index in [1.807, 2.05) is 0 Å². The van der Waals surface area contributed by atoms with E-state index < -0.39 is 10.0 Å². The van der Waals surface area contributed by atoms with E-state index in [9.17, 15) is 13.2 Å². The first-order valence-corrected chi connectivity index (χ1v) is 10.6. The first kappa shape index (κ1) is 19.0. The van der Waals surface area contributed by atoms with Crippen LogP contribution in [0, 0.1) is 0 Å². The van der Waals surface area contributed by atoms with Crippen LogP contribution in [0.1, 0.15) is 12.8 Å². The number of halogens is 1. The molecule has 3 rings (SSSR count). The number of hydrogen-bond acceptors (Lipinski definition) is 7. The highest BCUT2D eigenvalue weighted by Gasteiger charge is 2.27. The molecule has 0 saturated carbocycles. The number of hydrogen-bond donors (Lipinski definition) is 3. The Morgan fingerprint density at radius 2 is 2.12 bits per heavy atom. The third-order valence-electron chi connectivity index (χ3n) is 3.73. The minimum atomic E-state index is -3.59. The van der Waals surface area contributed by atoms with Crippen LogP contribution >= 0.6 is 23.4 Å². The second-order valence-corrected chi connectivity index (χ2v) is 8.88. The molecule has 1 amide bonds. The number of nitrogens with two attached hydrogens (primary N) is 1. The summed E-state index contributed by atoms with van der Waals surface area (Å²) in [6, 6.07) is 4.28. The molecule has 12 heteroatoms. The second kappa shape index (κ2) is 7.82. The van der Waals surface area contributed by atoms with E-state index in [0.717, 1.165) is 24.6 Å². The normalized spacial score (nSPS) is 15.3. The van der Waals surface area contributed by atoms with Crippen LogP contribution in [0.25, 0.3) is 0 Å². The van der Waals surface area contributed by atoms with Crippen molar-refractivity contribution in [3.8, 4) is 0 Å². The molecule has 140 valence electrons. The van der Waals surface area contributed by atoms with Gasteiger partial charge in [-0.05, 0) is 31.0 Å². The summed E-state index contributed by atoms with van der Waals surface area (Å²) in [6.07, 6.45) is 1.69. The van der Waals surface area contributed by atoms with Gasteiger partial charge in [0.2, 0.25) is 27.0 Å². The van der Waals surface area contributed by atoms with Crippen molar-refractivity contribution in [2.45, 2.75) is 22.9 Å². The molecule has 0 spiro atoms. The maximum absolute atomic E-state index is 12.6. The van der Waals surface area contributed by atoms with Gasteiger partial charge in [-0.1, -0.05) is 23.4 Å². The van der Waals surface area contributed by atoms with E-state index >= 15 is 0 Å². The lowest BCUT2D eigenvalue weighted by Gasteiger charge is -2.16. The molecule has 9 nitrogen and oxygen atoms in total. The zero-order valence-electron chi connectivity index (χ0n) is 13.6. The highest BCUT2D eigenvalue weighted by molar-refractivity contribution is 7.99. The SMILES string of the molecule is Nc1nc(SCC(=O)Nc2cc(S(=O)(=O)N3CCCC3)ccc2Cl)n[nH]1. The van der Waals surface area contributed by atoms with Crippen molar-refractivity contribution in [3.05, 3.63) is 23.2 Å². The molecule has 1 fully saturated rings. The third kappa shape index (κ3) is 4.29. The van der Waals surface area contributed by atoms with Gasteiger partial charge in [0.25, 0.3) is 0 Å². The number of anilines is 2. The minimum absolute atomic E-state index is 0.0245. The van der Waals surface area contributed by atoms with E-state index in [0.29, 0.717) is 18.2 Å². The lowest BCUT2D eigenvalue weighted by Crippen LogP contribution is -2.28. The van der Waals surface area contributed by atoms with E-state index in [1.165, 1.54) is 22.5 Å². The number of nitrogen functional groups attached to an aromatic ring is 1. The number of rotatable bonds is 6. The Kier molecular flexibility index (Phi) is 5.70. The van der Waals surface area contributed by atoms with E-state index in [-0.39, 0.29) is 33.2 Å². The predicted octanol–water partition coefficient (Wildman–Crippen LogP) is 1.56. The Balaban J connectivity index is 1.70. The summed E-state index contributed by atoms with van der Waals surface area (Å²) in [6.45, 7) is 1.01. The van der Waals surface area contributed by atoms with Gasteiger partial charge in [-0.3, -0.25) is 4.79 Å². The van der Waals surface area contributed by atoms with Crippen molar-refractivity contribution >= 4 is 50.9 Å². The molecule has 0 bridgehead atoms. The van der Waals surface area contributed by atoms with Crippen LogP contribution in [0.15, 0.2) is 28.3 Å². The molecule has 1 aromatic heterocycles. The van der Waals surface area contributed by atoms with Crippen molar-refractivity contribution in [3.63, 3.8) is 0 Å². The Morgan fingerprint density at radius 3 is 2.77 bits per heavy atom. The van der Waals surface area contributed by atoms with Gasteiger partial charge in [-0.25, -0.2) is 13.5 Å². The summed E-state index contributed by atoms with van der Waals surface area (Å²) in [5.41, 5.74) is 5.66. The smallest absolute Gasteiger partial charge is 0.243 e. The molecule has 0 unspecified atom stereocenters. The Hall–Kier alpha value is -1.82. The van der Waals surface area contributed by atoms with Crippen LogP contribution in [0.3, 0.4) is 0 Å².